The lowest BCUT2D eigenvalue weighted by Gasteiger charge is -2.37. The summed E-state index contributed by atoms with van der Waals surface area (Å²) < 4.78 is 0. The van der Waals surface area contributed by atoms with Gasteiger partial charge in [0.05, 0.1) is 16.9 Å². The summed E-state index contributed by atoms with van der Waals surface area (Å²) in [5.74, 6) is 5.29. The largest absolute Gasteiger partial charge is 0.388 e. The molecule has 2 rings (SSSR count). The van der Waals surface area contributed by atoms with Gasteiger partial charge in [-0.2, -0.15) is 0 Å². The van der Waals surface area contributed by atoms with E-state index in [0.717, 1.165) is 12.1 Å². The van der Waals surface area contributed by atoms with Crippen LogP contribution in [0.15, 0.2) is 12.3 Å². The van der Waals surface area contributed by atoms with Crippen LogP contribution in [-0.4, -0.2) is 39.6 Å². The Morgan fingerprint density at radius 3 is 3.00 bits per heavy atom. The minimum Gasteiger partial charge on any atom is -0.388 e. The molecule has 1 saturated heterocycles. The molecule has 1 atom stereocenters. The molecule has 4 N–H and O–H groups in total. The van der Waals surface area contributed by atoms with Crippen LogP contribution in [-0.2, 0) is 0 Å². The molecule has 6 nitrogen and oxygen atoms in total. The molecule has 6 heteroatoms. The fourth-order valence-electron chi connectivity index (χ4n) is 2.41. The number of aryl methyl sites for hydroxylation is 1. The number of pyridine rings is 1. The van der Waals surface area contributed by atoms with Gasteiger partial charge in [0.2, 0.25) is 0 Å². The fraction of sp³-hybridized carbons (Fsp3) is 0.538. The predicted octanol–water partition coefficient (Wildman–Crippen LogP) is 0.663. The molecule has 1 fully saturated rings. The third-order valence-electron chi connectivity index (χ3n) is 3.39. The van der Waals surface area contributed by atoms with Gasteiger partial charge in [0.25, 0.3) is 5.91 Å². The Hall–Kier alpha value is -1.66. The average Bonchev–Trinajstić information content (AvgIpc) is 2.36. The van der Waals surface area contributed by atoms with Crippen LogP contribution in [0.1, 0.15) is 35.8 Å². The Balaban J connectivity index is 2.24. The first-order valence-corrected chi connectivity index (χ1v) is 6.38. The van der Waals surface area contributed by atoms with Crippen LogP contribution in [0.25, 0.3) is 0 Å². The van der Waals surface area contributed by atoms with Gasteiger partial charge in [-0.05, 0) is 32.8 Å². The van der Waals surface area contributed by atoms with Crippen molar-refractivity contribution in [1.29, 1.82) is 0 Å². The van der Waals surface area contributed by atoms with Crippen molar-refractivity contribution in [2.45, 2.75) is 32.3 Å². The van der Waals surface area contributed by atoms with E-state index < -0.39 is 5.60 Å². The first-order valence-electron chi connectivity index (χ1n) is 6.38. The smallest absolute Gasteiger partial charge is 0.257 e. The van der Waals surface area contributed by atoms with E-state index in [1.807, 2.05) is 6.92 Å². The fourth-order valence-corrected chi connectivity index (χ4v) is 2.41. The number of likely N-dealkylation sites (tertiary alicyclic amines) is 1. The number of β-amino-alcohol motifs (C(OH)–C–C–N with tert-alkyl or cyclic N) is 1. The van der Waals surface area contributed by atoms with E-state index >= 15 is 0 Å². The lowest BCUT2D eigenvalue weighted by molar-refractivity contribution is -0.0107. The highest BCUT2D eigenvalue weighted by atomic mass is 16.3. The molecule has 1 aliphatic rings. The molecule has 1 amide bonds. The van der Waals surface area contributed by atoms with Gasteiger partial charge in [-0.25, -0.2) is 0 Å². The van der Waals surface area contributed by atoms with Crippen molar-refractivity contribution in [3.63, 3.8) is 0 Å². The first-order chi connectivity index (χ1) is 8.93. The summed E-state index contributed by atoms with van der Waals surface area (Å²) in [6.07, 6.45) is 3.03. The van der Waals surface area contributed by atoms with Crippen molar-refractivity contribution in [2.75, 3.05) is 18.5 Å². The van der Waals surface area contributed by atoms with Crippen molar-refractivity contribution in [3.8, 4) is 0 Å². The zero-order chi connectivity index (χ0) is 14.0. The number of carbonyl (C=O) groups is 1. The maximum Gasteiger partial charge on any atom is 0.257 e. The van der Waals surface area contributed by atoms with Crippen molar-refractivity contribution in [3.05, 3.63) is 23.5 Å². The molecule has 1 aromatic heterocycles. The Morgan fingerprint density at radius 1 is 1.63 bits per heavy atom. The highest BCUT2D eigenvalue weighted by Gasteiger charge is 2.32. The molecule has 0 aromatic carbocycles. The number of hydrogen-bond donors (Lipinski definition) is 3. The summed E-state index contributed by atoms with van der Waals surface area (Å²) in [4.78, 5) is 18.2. The summed E-state index contributed by atoms with van der Waals surface area (Å²) in [7, 11) is 0. The number of anilines is 1. The molecule has 1 aliphatic heterocycles. The Kier molecular flexibility index (Phi) is 3.73. The van der Waals surface area contributed by atoms with Gasteiger partial charge in [-0.1, -0.05) is 0 Å². The molecule has 1 unspecified atom stereocenters. The molecule has 0 saturated carbocycles. The lowest BCUT2D eigenvalue weighted by Crippen LogP contribution is -2.48. The third-order valence-corrected chi connectivity index (χ3v) is 3.39. The van der Waals surface area contributed by atoms with Crippen LogP contribution >= 0.6 is 0 Å². The number of nitrogens with one attached hydrogen (secondary N) is 1. The number of amides is 1. The van der Waals surface area contributed by atoms with Crippen molar-refractivity contribution in [2.24, 2.45) is 5.84 Å². The number of hydrazine groups is 1. The van der Waals surface area contributed by atoms with Gasteiger partial charge in [-0.15, -0.1) is 0 Å². The number of piperidine rings is 1. The molecule has 19 heavy (non-hydrogen) atoms. The van der Waals surface area contributed by atoms with E-state index in [2.05, 4.69) is 10.4 Å². The van der Waals surface area contributed by atoms with Gasteiger partial charge < -0.3 is 15.4 Å². The molecule has 0 bridgehead atoms. The number of carbonyl (C=O) groups excluding carboxylic acids is 1. The first kappa shape index (κ1) is 13.8. The van der Waals surface area contributed by atoms with Gasteiger partial charge in [0.15, 0.2) is 0 Å². The maximum atomic E-state index is 12.5. The highest BCUT2D eigenvalue weighted by Crippen LogP contribution is 2.24. The number of nitrogens with zero attached hydrogens (tertiary/aromatic N) is 2. The molecule has 104 valence electrons. The molecule has 0 aliphatic carbocycles. The quantitative estimate of drug-likeness (QED) is 0.539. The van der Waals surface area contributed by atoms with E-state index in [-0.39, 0.29) is 5.91 Å². The van der Waals surface area contributed by atoms with E-state index in [4.69, 9.17) is 5.84 Å². The molecule has 0 spiro atoms. The number of nitrogen functional groups attached to an aromatic ring is 1. The Morgan fingerprint density at radius 2 is 2.37 bits per heavy atom. The van der Waals surface area contributed by atoms with Crippen LogP contribution in [0.5, 0.6) is 0 Å². The monoisotopic (exact) mass is 264 g/mol. The van der Waals surface area contributed by atoms with E-state index in [1.54, 1.807) is 17.9 Å². The second-order valence-electron chi connectivity index (χ2n) is 5.34. The average molecular weight is 264 g/mol. The molecule has 2 heterocycles. The summed E-state index contributed by atoms with van der Waals surface area (Å²) >= 11 is 0. The second-order valence-corrected chi connectivity index (χ2v) is 5.34. The molecule has 1 aromatic rings. The third kappa shape index (κ3) is 3.02. The summed E-state index contributed by atoms with van der Waals surface area (Å²) in [5.41, 5.74) is 3.49. The van der Waals surface area contributed by atoms with Crippen molar-refractivity contribution >= 4 is 11.6 Å². The normalized spacial score (nSPS) is 23.3. The number of aliphatic hydroxyl groups is 1. The molecular formula is C13H20N4O2. The van der Waals surface area contributed by atoms with Crippen molar-refractivity contribution < 1.29 is 9.90 Å². The standard InChI is InChI=1S/C13H20N4O2/c1-9-6-11(16-14)10(7-15-9)12(18)17-5-3-4-13(2,19)8-17/h6-7,19H,3-5,8,14H2,1-2H3,(H,15,16). The number of nitrogens with two attached hydrogens (primary N) is 1. The van der Waals surface area contributed by atoms with Gasteiger partial charge in [0.1, 0.15) is 0 Å². The SMILES string of the molecule is Cc1cc(NN)c(C(=O)N2CCCC(C)(O)C2)cn1. The summed E-state index contributed by atoms with van der Waals surface area (Å²) in [5, 5.41) is 10.1. The predicted molar refractivity (Wildman–Crippen MR) is 72.5 cm³/mol. The van der Waals surface area contributed by atoms with Gasteiger partial charge >= 0.3 is 0 Å². The Bertz CT molecular complexity index is 488. The lowest BCUT2D eigenvalue weighted by atomic mass is 9.94. The minimum absolute atomic E-state index is 0.152. The highest BCUT2D eigenvalue weighted by molar-refractivity contribution is 5.99. The number of hydrogen-bond acceptors (Lipinski definition) is 5. The number of rotatable bonds is 2. The van der Waals surface area contributed by atoms with Gasteiger partial charge in [0, 0.05) is 25.0 Å². The number of aromatic nitrogens is 1. The maximum absolute atomic E-state index is 12.5. The van der Waals surface area contributed by atoms with Crippen LogP contribution in [0.2, 0.25) is 0 Å². The second kappa shape index (κ2) is 5.14. The van der Waals surface area contributed by atoms with Crippen LogP contribution in [0.4, 0.5) is 5.69 Å². The van der Waals surface area contributed by atoms with E-state index in [9.17, 15) is 9.90 Å². The molecular weight excluding hydrogens is 244 g/mol. The minimum atomic E-state index is -0.817. The van der Waals surface area contributed by atoms with Crippen LogP contribution in [0.3, 0.4) is 0 Å². The molecule has 0 radical (unpaired) electrons. The van der Waals surface area contributed by atoms with Crippen molar-refractivity contribution in [1.82, 2.24) is 9.88 Å². The van der Waals surface area contributed by atoms with Gasteiger partial charge in [-0.3, -0.25) is 15.6 Å². The van der Waals surface area contributed by atoms with E-state index in [1.165, 1.54) is 6.20 Å². The zero-order valence-electron chi connectivity index (χ0n) is 11.3. The zero-order valence-corrected chi connectivity index (χ0v) is 11.3. The van der Waals surface area contributed by atoms with Crippen LogP contribution in [0, 0.1) is 6.92 Å². The summed E-state index contributed by atoms with van der Waals surface area (Å²) in [6.45, 7) is 4.57. The summed E-state index contributed by atoms with van der Waals surface area (Å²) in [6, 6.07) is 1.73. The van der Waals surface area contributed by atoms with Crippen LogP contribution < -0.4 is 11.3 Å². The topological polar surface area (TPSA) is 91.5 Å². The Labute approximate surface area is 112 Å². The van der Waals surface area contributed by atoms with E-state index in [0.29, 0.717) is 30.8 Å².